The zero-order valence-corrected chi connectivity index (χ0v) is 15.2. The molecule has 0 unspecified atom stereocenters. The fraction of sp³-hybridized carbons (Fsp3) is 0.611. The Balaban J connectivity index is 1.44. The molecule has 1 aromatic heterocycles. The van der Waals surface area contributed by atoms with Gasteiger partial charge in [0.25, 0.3) is 0 Å². The molecule has 2 aliphatic heterocycles. The van der Waals surface area contributed by atoms with Gasteiger partial charge in [-0.2, -0.15) is 10.2 Å². The highest BCUT2D eigenvalue weighted by Crippen LogP contribution is 2.37. The van der Waals surface area contributed by atoms with Crippen LogP contribution in [-0.2, 0) is 11.3 Å². The van der Waals surface area contributed by atoms with E-state index in [2.05, 4.69) is 48.3 Å². The summed E-state index contributed by atoms with van der Waals surface area (Å²) in [6, 6.07) is 1.83. The minimum Gasteiger partial charge on any atom is -0.350 e. The van der Waals surface area contributed by atoms with Gasteiger partial charge in [-0.15, -0.1) is 12.3 Å². The lowest BCUT2D eigenvalue weighted by molar-refractivity contribution is -0.121. The van der Waals surface area contributed by atoms with Gasteiger partial charge < -0.3 is 15.1 Å². The molecule has 8 heteroatoms. The molecule has 0 aromatic carbocycles. The second kappa shape index (κ2) is 8.23. The predicted octanol–water partition coefficient (Wildman–Crippen LogP) is 1.20. The van der Waals surface area contributed by atoms with Crippen molar-refractivity contribution in [2.45, 2.75) is 37.9 Å². The van der Waals surface area contributed by atoms with Gasteiger partial charge in [-0.05, 0) is 13.1 Å². The molecule has 0 saturated carbocycles. The molecule has 1 fully saturated rings. The van der Waals surface area contributed by atoms with Crippen molar-refractivity contribution in [1.29, 1.82) is 0 Å². The summed E-state index contributed by atoms with van der Waals surface area (Å²) in [4.78, 5) is 25.5. The summed E-state index contributed by atoms with van der Waals surface area (Å²) in [6.45, 7) is 4.23. The van der Waals surface area contributed by atoms with Crippen molar-refractivity contribution in [2.24, 2.45) is 10.2 Å². The van der Waals surface area contributed by atoms with E-state index >= 15 is 0 Å². The van der Waals surface area contributed by atoms with Crippen molar-refractivity contribution in [3.05, 3.63) is 18.0 Å². The first kappa shape index (κ1) is 18.3. The Morgan fingerprint density at radius 3 is 2.77 bits per heavy atom. The van der Waals surface area contributed by atoms with Crippen LogP contribution < -0.4 is 10.2 Å². The topological polar surface area (TPSA) is 86.1 Å². The number of hydrogen-bond donors (Lipinski definition) is 1. The van der Waals surface area contributed by atoms with Crippen LogP contribution in [0, 0.1) is 12.3 Å². The molecule has 1 saturated heterocycles. The molecule has 138 valence electrons. The first-order valence-corrected chi connectivity index (χ1v) is 9.00. The van der Waals surface area contributed by atoms with Crippen LogP contribution in [0.3, 0.4) is 0 Å². The molecule has 3 heterocycles. The van der Waals surface area contributed by atoms with E-state index in [1.54, 1.807) is 6.20 Å². The van der Waals surface area contributed by atoms with Gasteiger partial charge in [-0.1, -0.05) is 0 Å². The Labute approximate surface area is 154 Å². The lowest BCUT2D eigenvalue weighted by Gasteiger charge is -2.32. The second-order valence-electron chi connectivity index (χ2n) is 6.80. The van der Waals surface area contributed by atoms with Crippen molar-refractivity contribution in [2.75, 3.05) is 38.1 Å². The normalized spacial score (nSPS) is 18.4. The van der Waals surface area contributed by atoms with Gasteiger partial charge in [0, 0.05) is 58.1 Å². The third kappa shape index (κ3) is 4.99. The summed E-state index contributed by atoms with van der Waals surface area (Å²) < 4.78 is 0. The van der Waals surface area contributed by atoms with Crippen LogP contribution in [0.15, 0.2) is 22.5 Å². The molecule has 26 heavy (non-hydrogen) atoms. The molecule has 0 aliphatic carbocycles. The predicted molar refractivity (Wildman–Crippen MR) is 98.5 cm³/mol. The number of rotatable bonds is 8. The van der Waals surface area contributed by atoms with Crippen LogP contribution in [0.1, 0.15) is 31.4 Å². The van der Waals surface area contributed by atoms with Crippen molar-refractivity contribution in [3.8, 4) is 12.3 Å². The number of amides is 1. The van der Waals surface area contributed by atoms with Crippen molar-refractivity contribution >= 4 is 11.9 Å². The van der Waals surface area contributed by atoms with Gasteiger partial charge >= 0.3 is 0 Å². The molecule has 2 aliphatic rings. The Kier molecular flexibility index (Phi) is 5.78. The number of terminal acetylenes is 1. The largest absolute Gasteiger partial charge is 0.350 e. The molecular weight excluding hydrogens is 330 g/mol. The van der Waals surface area contributed by atoms with Gasteiger partial charge in [0.1, 0.15) is 0 Å². The Morgan fingerprint density at radius 1 is 1.31 bits per heavy atom. The number of piperazine rings is 1. The molecule has 0 radical (unpaired) electrons. The molecule has 1 N–H and O–H groups in total. The Bertz CT molecular complexity index is 698. The summed E-state index contributed by atoms with van der Waals surface area (Å²) in [6.07, 6.45) is 9.36. The summed E-state index contributed by atoms with van der Waals surface area (Å²) in [7, 11) is 2.11. The van der Waals surface area contributed by atoms with Crippen molar-refractivity contribution in [3.63, 3.8) is 0 Å². The van der Waals surface area contributed by atoms with Crippen LogP contribution in [0.2, 0.25) is 0 Å². The van der Waals surface area contributed by atoms with Crippen molar-refractivity contribution < 1.29 is 4.79 Å². The van der Waals surface area contributed by atoms with E-state index in [4.69, 9.17) is 6.42 Å². The second-order valence-corrected chi connectivity index (χ2v) is 6.80. The molecule has 0 spiro atoms. The fourth-order valence-corrected chi connectivity index (χ4v) is 2.90. The molecule has 3 rings (SSSR count). The highest BCUT2D eigenvalue weighted by atomic mass is 16.1. The minimum atomic E-state index is -0.410. The number of anilines is 1. The van der Waals surface area contributed by atoms with E-state index in [0.29, 0.717) is 25.8 Å². The minimum absolute atomic E-state index is 0.0258. The fourth-order valence-electron chi connectivity index (χ4n) is 2.90. The third-order valence-electron chi connectivity index (χ3n) is 4.76. The van der Waals surface area contributed by atoms with E-state index in [0.717, 1.165) is 44.2 Å². The number of nitrogens with one attached hydrogen (secondary N) is 1. The highest BCUT2D eigenvalue weighted by molar-refractivity contribution is 5.75. The van der Waals surface area contributed by atoms with Crippen molar-refractivity contribution in [1.82, 2.24) is 20.2 Å². The summed E-state index contributed by atoms with van der Waals surface area (Å²) in [5, 5.41) is 11.0. The monoisotopic (exact) mass is 355 g/mol. The van der Waals surface area contributed by atoms with Crippen LogP contribution >= 0.6 is 0 Å². The highest BCUT2D eigenvalue weighted by Gasteiger charge is 2.39. The SMILES string of the molecule is C#CCCC1(CCC(=O)NCc2ccnc(N3CCN(C)CC3)n2)N=N1. The first-order chi connectivity index (χ1) is 12.6. The summed E-state index contributed by atoms with van der Waals surface area (Å²) >= 11 is 0. The number of aromatic nitrogens is 2. The number of nitrogens with zero attached hydrogens (tertiary/aromatic N) is 6. The average Bonchev–Trinajstić information content (AvgIpc) is 3.44. The standard InChI is InChI=1S/C18H25N7O/c1-3-4-7-18(22-23-18)8-5-16(26)20-14-15-6-9-19-17(21-15)25-12-10-24(2)11-13-25/h1,6,9H,4-5,7-8,10-14H2,2H3,(H,20,26). The van der Waals surface area contributed by atoms with Gasteiger partial charge in [-0.3, -0.25) is 4.79 Å². The third-order valence-corrected chi connectivity index (χ3v) is 4.76. The maximum Gasteiger partial charge on any atom is 0.225 e. The van der Waals surface area contributed by atoms with Crippen LogP contribution in [-0.4, -0.2) is 59.7 Å². The molecule has 8 nitrogen and oxygen atoms in total. The van der Waals surface area contributed by atoms with Gasteiger partial charge in [-0.25, -0.2) is 9.97 Å². The van der Waals surface area contributed by atoms with Gasteiger partial charge in [0.2, 0.25) is 11.9 Å². The molecule has 1 amide bonds. The number of carbonyl (C=O) groups excluding carboxylic acids is 1. The summed E-state index contributed by atoms with van der Waals surface area (Å²) in [5.74, 6) is 3.30. The van der Waals surface area contributed by atoms with Crippen LogP contribution in [0.5, 0.6) is 0 Å². The Hall–Kier alpha value is -2.53. The maximum atomic E-state index is 12.1. The van der Waals surface area contributed by atoms with E-state index < -0.39 is 5.66 Å². The van der Waals surface area contributed by atoms with E-state index in [-0.39, 0.29) is 5.91 Å². The first-order valence-electron chi connectivity index (χ1n) is 9.00. The lowest BCUT2D eigenvalue weighted by atomic mass is 10.0. The van der Waals surface area contributed by atoms with Crippen LogP contribution in [0.4, 0.5) is 5.95 Å². The molecule has 0 atom stereocenters. The van der Waals surface area contributed by atoms with Gasteiger partial charge in [0.15, 0.2) is 5.66 Å². The number of hydrogen-bond acceptors (Lipinski definition) is 7. The molecule has 0 bridgehead atoms. The maximum absolute atomic E-state index is 12.1. The number of likely N-dealkylation sites (N-methyl/N-ethyl adjacent to an activating group) is 1. The molecular formula is C18H25N7O. The zero-order chi connectivity index (χ0) is 18.4. The van der Waals surface area contributed by atoms with E-state index in [1.807, 2.05) is 6.07 Å². The average molecular weight is 355 g/mol. The Morgan fingerprint density at radius 2 is 2.08 bits per heavy atom. The number of carbonyl (C=O) groups is 1. The quantitative estimate of drug-likeness (QED) is 0.708. The van der Waals surface area contributed by atoms with E-state index in [1.165, 1.54) is 0 Å². The van der Waals surface area contributed by atoms with E-state index in [9.17, 15) is 4.79 Å². The molecule has 1 aromatic rings. The zero-order valence-electron chi connectivity index (χ0n) is 15.2. The smallest absolute Gasteiger partial charge is 0.225 e. The lowest BCUT2D eigenvalue weighted by Crippen LogP contribution is -2.45. The van der Waals surface area contributed by atoms with Crippen LogP contribution in [0.25, 0.3) is 0 Å². The van der Waals surface area contributed by atoms with Gasteiger partial charge in [0.05, 0.1) is 12.2 Å². The summed E-state index contributed by atoms with van der Waals surface area (Å²) in [5.41, 5.74) is 0.401.